The van der Waals surface area contributed by atoms with Gasteiger partial charge in [0.1, 0.15) is 18.0 Å². The third-order valence-electron chi connectivity index (χ3n) is 8.10. The van der Waals surface area contributed by atoms with Gasteiger partial charge in [-0.3, -0.25) is 0 Å². The van der Waals surface area contributed by atoms with E-state index in [1.807, 2.05) is 6.07 Å². The molecule has 3 atom stereocenters. The second kappa shape index (κ2) is 8.42. The quantitative estimate of drug-likeness (QED) is 0.410. The van der Waals surface area contributed by atoms with Gasteiger partial charge in [-0.1, -0.05) is 19.9 Å². The van der Waals surface area contributed by atoms with Crippen molar-refractivity contribution < 1.29 is 19.0 Å². The number of hydrogen-bond acceptors (Lipinski definition) is 8. The van der Waals surface area contributed by atoms with Crippen molar-refractivity contribution in [2.45, 2.75) is 50.7 Å². The lowest BCUT2D eigenvalue weighted by atomic mass is 9.66. The first kappa shape index (κ1) is 23.7. The predicted molar refractivity (Wildman–Crippen MR) is 128 cm³/mol. The molecule has 11 heteroatoms. The molecule has 0 saturated heterocycles. The number of aromatic nitrogens is 7. The molecular weight excluding hydrogens is 480 g/mol. The zero-order valence-electron chi connectivity index (χ0n) is 20.3. The van der Waals surface area contributed by atoms with Crippen LogP contribution in [0.3, 0.4) is 0 Å². The number of benzene rings is 1. The van der Waals surface area contributed by atoms with Gasteiger partial charge in [0.25, 0.3) is 0 Å². The monoisotopic (exact) mass is 505 g/mol. The van der Waals surface area contributed by atoms with Gasteiger partial charge in [-0.25, -0.2) is 28.4 Å². The minimum absolute atomic E-state index is 0.0435. The highest BCUT2D eigenvalue weighted by Crippen LogP contribution is 2.69. The molecule has 0 amide bonds. The number of hydrogen-bond donors (Lipinski definition) is 2. The van der Waals surface area contributed by atoms with Crippen LogP contribution in [0.5, 0.6) is 0 Å². The van der Waals surface area contributed by atoms with E-state index >= 15 is 0 Å². The van der Waals surface area contributed by atoms with Crippen LogP contribution in [0.1, 0.15) is 49.6 Å². The summed E-state index contributed by atoms with van der Waals surface area (Å²) in [5, 5.41) is 32.1. The van der Waals surface area contributed by atoms with E-state index in [9.17, 15) is 19.0 Å². The Bertz CT molecular complexity index is 1490. The predicted octanol–water partition coefficient (Wildman–Crippen LogP) is 3.03. The van der Waals surface area contributed by atoms with Crippen LogP contribution in [0, 0.1) is 17.0 Å². The summed E-state index contributed by atoms with van der Waals surface area (Å²) < 4.78 is 30.5. The van der Waals surface area contributed by atoms with E-state index in [0.717, 1.165) is 29.8 Å². The van der Waals surface area contributed by atoms with Gasteiger partial charge in [0, 0.05) is 6.20 Å². The molecule has 3 aromatic heterocycles. The standard InChI is InChI=1S/C26H25F2N7O2/c1-25(2)16-6-8-26(25,22-15(16)10-19(33-34-22)21-17(27)4-3-5-18(21)28)20-7-9-29-23(32-20)24-30-13-31-35(24)11-14(37)12-36/h3-5,7,9-10,13-14,16,36-37H,6,8,11-12H2,1-2H3/t14?,16-,26+/m0/s1. The summed E-state index contributed by atoms with van der Waals surface area (Å²) in [4.78, 5) is 13.6. The molecule has 4 aromatic rings. The van der Waals surface area contributed by atoms with Gasteiger partial charge >= 0.3 is 0 Å². The molecule has 1 fully saturated rings. The van der Waals surface area contributed by atoms with E-state index in [0.29, 0.717) is 11.6 Å². The number of halogens is 2. The van der Waals surface area contributed by atoms with Crippen molar-refractivity contribution in [3.05, 3.63) is 71.4 Å². The highest BCUT2D eigenvalue weighted by molar-refractivity contribution is 5.64. The Labute approximate surface area is 211 Å². The Morgan fingerprint density at radius 1 is 1.14 bits per heavy atom. The van der Waals surface area contributed by atoms with Crippen molar-refractivity contribution in [2.75, 3.05) is 6.61 Å². The minimum Gasteiger partial charge on any atom is -0.394 e. The summed E-state index contributed by atoms with van der Waals surface area (Å²) >= 11 is 0. The second-order valence-electron chi connectivity index (χ2n) is 10.2. The fourth-order valence-corrected chi connectivity index (χ4v) is 6.29. The Kier molecular flexibility index (Phi) is 5.39. The summed E-state index contributed by atoms with van der Waals surface area (Å²) in [5.74, 6) is -0.550. The number of rotatable bonds is 6. The molecule has 2 aliphatic rings. The first-order valence-electron chi connectivity index (χ1n) is 12.1. The summed E-state index contributed by atoms with van der Waals surface area (Å²) in [6, 6.07) is 7.38. The van der Waals surface area contributed by atoms with Crippen LogP contribution in [0.2, 0.25) is 0 Å². The largest absolute Gasteiger partial charge is 0.394 e. The number of aliphatic hydroxyl groups excluding tert-OH is 2. The van der Waals surface area contributed by atoms with E-state index in [4.69, 9.17) is 4.98 Å². The second-order valence-corrected chi connectivity index (χ2v) is 10.2. The minimum atomic E-state index is -0.998. The van der Waals surface area contributed by atoms with Crippen LogP contribution in [-0.2, 0) is 12.0 Å². The number of fused-ring (bicyclic) bond motifs is 5. The Morgan fingerprint density at radius 3 is 2.68 bits per heavy atom. The molecule has 0 radical (unpaired) electrons. The van der Waals surface area contributed by atoms with Crippen molar-refractivity contribution in [1.82, 2.24) is 34.9 Å². The fourth-order valence-electron chi connectivity index (χ4n) is 6.29. The van der Waals surface area contributed by atoms with Gasteiger partial charge in [0.05, 0.1) is 47.3 Å². The van der Waals surface area contributed by atoms with E-state index in [2.05, 4.69) is 39.1 Å². The smallest absolute Gasteiger partial charge is 0.197 e. The van der Waals surface area contributed by atoms with Gasteiger partial charge in [0.2, 0.25) is 0 Å². The van der Waals surface area contributed by atoms with Crippen molar-refractivity contribution >= 4 is 0 Å². The Morgan fingerprint density at radius 2 is 1.92 bits per heavy atom. The third-order valence-corrected chi connectivity index (χ3v) is 8.10. The lowest BCUT2D eigenvalue weighted by Crippen LogP contribution is -2.38. The van der Waals surface area contributed by atoms with Crippen LogP contribution in [0.25, 0.3) is 22.9 Å². The summed E-state index contributed by atoms with van der Waals surface area (Å²) in [6.45, 7) is 3.96. The van der Waals surface area contributed by atoms with Crippen LogP contribution in [0.4, 0.5) is 8.78 Å². The molecule has 9 nitrogen and oxygen atoms in total. The van der Waals surface area contributed by atoms with Gasteiger partial charge < -0.3 is 10.2 Å². The Hall–Kier alpha value is -3.70. The summed E-state index contributed by atoms with van der Waals surface area (Å²) in [7, 11) is 0. The molecule has 0 spiro atoms. The van der Waals surface area contributed by atoms with Crippen LogP contribution >= 0.6 is 0 Å². The molecule has 1 aromatic carbocycles. The van der Waals surface area contributed by atoms with Crippen LogP contribution in [0.15, 0.2) is 42.9 Å². The lowest BCUT2D eigenvalue weighted by molar-refractivity contribution is 0.0786. The third kappa shape index (κ3) is 3.33. The molecule has 0 aliphatic heterocycles. The van der Waals surface area contributed by atoms with Crippen molar-refractivity contribution in [3.8, 4) is 22.9 Å². The number of nitrogens with zero attached hydrogens (tertiary/aromatic N) is 7. The average molecular weight is 506 g/mol. The van der Waals surface area contributed by atoms with E-state index in [1.165, 1.54) is 29.2 Å². The van der Waals surface area contributed by atoms with E-state index in [1.54, 1.807) is 12.3 Å². The maximum absolute atomic E-state index is 14.5. The highest BCUT2D eigenvalue weighted by atomic mass is 19.1. The SMILES string of the molecule is CC1(C)[C@H]2CC[C@@]1(c1ccnc(-c3ncnn3CC(O)CO)n1)c1nnc(-c3c(F)cccc3F)cc12. The zero-order valence-corrected chi connectivity index (χ0v) is 20.3. The topological polar surface area (TPSA) is 123 Å². The maximum atomic E-state index is 14.5. The fraction of sp³-hybridized carbons (Fsp3) is 0.385. The van der Waals surface area contributed by atoms with Gasteiger partial charge in [0.15, 0.2) is 11.6 Å². The lowest BCUT2D eigenvalue weighted by Gasteiger charge is -2.37. The molecule has 2 N–H and O–H groups in total. The Balaban J connectivity index is 1.47. The molecule has 37 heavy (non-hydrogen) atoms. The van der Waals surface area contributed by atoms with Gasteiger partial charge in [-0.2, -0.15) is 10.2 Å². The summed E-state index contributed by atoms with van der Waals surface area (Å²) in [6.07, 6.45) is 3.66. The maximum Gasteiger partial charge on any atom is 0.197 e. The first-order chi connectivity index (χ1) is 17.8. The average Bonchev–Trinajstić information content (AvgIpc) is 3.51. The van der Waals surface area contributed by atoms with E-state index in [-0.39, 0.29) is 29.1 Å². The normalized spacial score (nSPS) is 22.3. The molecule has 1 unspecified atom stereocenters. The molecule has 2 bridgehead atoms. The highest BCUT2D eigenvalue weighted by Gasteiger charge is 2.65. The summed E-state index contributed by atoms with van der Waals surface area (Å²) in [5.41, 5.74) is 1.55. The molecule has 6 rings (SSSR count). The van der Waals surface area contributed by atoms with Crippen LogP contribution < -0.4 is 0 Å². The molecule has 2 aliphatic carbocycles. The number of aliphatic hydroxyl groups is 2. The van der Waals surface area contributed by atoms with Crippen molar-refractivity contribution in [1.29, 1.82) is 0 Å². The van der Waals surface area contributed by atoms with Gasteiger partial charge in [-0.15, -0.1) is 5.10 Å². The van der Waals surface area contributed by atoms with Crippen molar-refractivity contribution in [3.63, 3.8) is 0 Å². The molecule has 190 valence electrons. The molecule has 1 saturated carbocycles. The molecular formula is C26H25F2N7O2. The van der Waals surface area contributed by atoms with Crippen LogP contribution in [-0.4, -0.2) is 57.9 Å². The van der Waals surface area contributed by atoms with E-state index < -0.39 is 29.8 Å². The van der Waals surface area contributed by atoms with Crippen molar-refractivity contribution in [2.24, 2.45) is 5.41 Å². The zero-order chi connectivity index (χ0) is 25.9. The molecule has 3 heterocycles. The van der Waals surface area contributed by atoms with Gasteiger partial charge in [-0.05, 0) is 54.0 Å². The first-order valence-corrected chi connectivity index (χ1v) is 12.1.